The second-order valence-corrected chi connectivity index (χ2v) is 20.2. The number of para-hydroxylation sites is 1. The maximum Gasteiger partial charge on any atom is 0.360 e. The van der Waals surface area contributed by atoms with Gasteiger partial charge in [0.25, 0.3) is 0 Å². The van der Waals surface area contributed by atoms with Gasteiger partial charge >= 0.3 is 12.2 Å². The van der Waals surface area contributed by atoms with Crippen molar-refractivity contribution in [1.82, 2.24) is 34.6 Å². The number of benzene rings is 1. The fourth-order valence-electron chi connectivity index (χ4n) is 12.3. The van der Waals surface area contributed by atoms with Crippen molar-refractivity contribution in [2.24, 2.45) is 22.7 Å². The number of carbonyl (C=O) groups is 1. The highest BCUT2D eigenvalue weighted by Crippen LogP contribution is 2.68. The van der Waals surface area contributed by atoms with Crippen LogP contribution in [0.2, 0.25) is 0 Å². The lowest BCUT2D eigenvalue weighted by molar-refractivity contribution is -0.427. The minimum atomic E-state index is -1.09. The smallest absolute Gasteiger partial charge is 0.360 e. The van der Waals surface area contributed by atoms with Crippen LogP contribution in [0.5, 0.6) is 0 Å². The molecular formula is C46H57N10O3S+. The minimum Gasteiger partial charge on any atom is -0.476 e. The van der Waals surface area contributed by atoms with Gasteiger partial charge in [-0.1, -0.05) is 37.3 Å². The molecule has 3 aliphatic carbocycles. The fourth-order valence-corrected chi connectivity index (χ4v) is 13.2. The van der Waals surface area contributed by atoms with Crippen molar-refractivity contribution in [3.8, 4) is 11.1 Å². The van der Waals surface area contributed by atoms with E-state index >= 15 is 0 Å². The Bertz CT molecular complexity index is 2410. The molecule has 0 spiro atoms. The Labute approximate surface area is 356 Å². The van der Waals surface area contributed by atoms with Crippen LogP contribution in [-0.2, 0) is 17.7 Å². The third kappa shape index (κ3) is 7.01. The summed E-state index contributed by atoms with van der Waals surface area (Å²) in [6.45, 7) is 16.7. The monoisotopic (exact) mass is 829 g/mol. The Kier molecular flexibility index (Phi) is 9.89. The molecule has 5 aliphatic rings. The molecule has 6 heterocycles. The molecule has 314 valence electrons. The average Bonchev–Trinajstić information content (AvgIpc) is 3.80. The number of carboxylic acids is 1. The minimum absolute atomic E-state index is 0.0150. The molecule has 5 aromatic rings. The second-order valence-electron chi connectivity index (χ2n) is 19.1. The molecule has 0 amide bonds. The summed E-state index contributed by atoms with van der Waals surface area (Å²) >= 11 is 1.58. The van der Waals surface area contributed by atoms with Gasteiger partial charge in [0.2, 0.25) is 0 Å². The zero-order valence-corrected chi connectivity index (χ0v) is 36.4. The van der Waals surface area contributed by atoms with Gasteiger partial charge in [0.05, 0.1) is 27.5 Å². The summed E-state index contributed by atoms with van der Waals surface area (Å²) in [5, 5.41) is 29.0. The first-order valence-electron chi connectivity index (χ1n) is 21.9. The van der Waals surface area contributed by atoms with E-state index in [0.29, 0.717) is 47.0 Å². The third-order valence-electron chi connectivity index (χ3n) is 14.9. The summed E-state index contributed by atoms with van der Waals surface area (Å²) in [7, 11) is 2.21. The summed E-state index contributed by atoms with van der Waals surface area (Å²) in [6, 6.07) is 11.8. The number of pyridine rings is 1. The van der Waals surface area contributed by atoms with E-state index in [1.165, 1.54) is 19.3 Å². The number of carboxylic acid groups (broad SMARTS) is 1. The number of thiazole rings is 1. The number of nitrogens with zero attached hydrogens (tertiary/aromatic N) is 9. The number of anilines is 4. The first-order valence-corrected chi connectivity index (χ1v) is 22.7. The van der Waals surface area contributed by atoms with Crippen molar-refractivity contribution in [3.05, 3.63) is 65.1 Å². The van der Waals surface area contributed by atoms with Crippen LogP contribution in [0.1, 0.15) is 86.1 Å². The van der Waals surface area contributed by atoms with Crippen LogP contribution in [0.4, 0.5) is 22.6 Å². The summed E-state index contributed by atoms with van der Waals surface area (Å²) < 4.78 is 10.3. The Morgan fingerprint density at radius 2 is 1.90 bits per heavy atom. The van der Waals surface area contributed by atoms with E-state index in [1.807, 2.05) is 35.2 Å². The molecule has 5 unspecified atom stereocenters. The van der Waals surface area contributed by atoms with Gasteiger partial charge in [-0.25, -0.2) is 14.8 Å². The van der Waals surface area contributed by atoms with Crippen molar-refractivity contribution < 1.29 is 19.7 Å². The van der Waals surface area contributed by atoms with Gasteiger partial charge in [0.15, 0.2) is 22.5 Å². The molecule has 2 aliphatic heterocycles. The quantitative estimate of drug-likeness (QED) is 0.140. The molecule has 1 aromatic carbocycles. The van der Waals surface area contributed by atoms with Gasteiger partial charge in [0, 0.05) is 61.4 Å². The number of hydrogen-bond donors (Lipinski definition) is 2. The van der Waals surface area contributed by atoms with Gasteiger partial charge in [-0.2, -0.15) is 0 Å². The summed E-state index contributed by atoms with van der Waals surface area (Å²) in [5.74, 6) is 1.99. The van der Waals surface area contributed by atoms with E-state index in [4.69, 9.17) is 19.8 Å². The summed E-state index contributed by atoms with van der Waals surface area (Å²) in [4.78, 5) is 29.5. The summed E-state index contributed by atoms with van der Waals surface area (Å²) in [5.41, 5.74) is 5.30. The third-order valence-corrected chi connectivity index (χ3v) is 15.8. The Balaban J connectivity index is 0.901. The summed E-state index contributed by atoms with van der Waals surface area (Å²) in [6.07, 6.45) is 11.9. The topological polar surface area (TPSA) is 139 Å². The number of likely N-dealkylation sites (N-methyl/N-ethyl adjacent to an activating group) is 1. The maximum atomic E-state index is 13.0. The first-order chi connectivity index (χ1) is 28.9. The van der Waals surface area contributed by atoms with Gasteiger partial charge in [-0.15, -0.1) is 10.2 Å². The van der Waals surface area contributed by atoms with Crippen LogP contribution in [-0.4, -0.2) is 104 Å². The van der Waals surface area contributed by atoms with Gasteiger partial charge in [-0.05, 0) is 118 Å². The highest BCUT2D eigenvalue weighted by molar-refractivity contribution is 7.22. The number of hydrogen-bond acceptors (Lipinski definition) is 11. The van der Waals surface area contributed by atoms with Crippen LogP contribution in [0.25, 0.3) is 21.3 Å². The van der Waals surface area contributed by atoms with E-state index in [1.54, 1.807) is 11.3 Å². The van der Waals surface area contributed by atoms with E-state index in [2.05, 4.69) is 77.0 Å². The van der Waals surface area contributed by atoms with Crippen molar-refractivity contribution >= 4 is 50.1 Å². The highest BCUT2D eigenvalue weighted by Gasteiger charge is 2.64. The zero-order valence-electron chi connectivity index (χ0n) is 35.6. The van der Waals surface area contributed by atoms with E-state index in [0.717, 1.165) is 110 Å². The van der Waals surface area contributed by atoms with Crippen LogP contribution in [0.15, 0.2) is 36.4 Å². The molecule has 3 bridgehead atoms. The molecular weight excluding hydrogens is 773 g/mol. The lowest BCUT2D eigenvalue weighted by Gasteiger charge is -2.66. The van der Waals surface area contributed by atoms with E-state index in [9.17, 15) is 9.90 Å². The van der Waals surface area contributed by atoms with Crippen molar-refractivity contribution in [2.45, 2.75) is 91.2 Å². The Morgan fingerprint density at radius 3 is 2.72 bits per heavy atom. The van der Waals surface area contributed by atoms with Crippen LogP contribution >= 0.6 is 11.3 Å². The largest absolute Gasteiger partial charge is 0.476 e. The molecule has 5 atom stereocenters. The van der Waals surface area contributed by atoms with Crippen molar-refractivity contribution in [3.63, 3.8) is 0 Å². The number of aromatic nitrogens is 6. The molecule has 0 radical (unpaired) electrons. The molecule has 3 saturated carbocycles. The van der Waals surface area contributed by atoms with Crippen LogP contribution < -0.4 is 15.3 Å². The molecule has 14 heteroatoms. The Morgan fingerprint density at radius 1 is 1.07 bits per heavy atom. The highest BCUT2D eigenvalue weighted by atomic mass is 32.1. The molecule has 60 heavy (non-hydrogen) atoms. The lowest BCUT2D eigenvalue weighted by atomic mass is 9.42. The van der Waals surface area contributed by atoms with Crippen molar-refractivity contribution in [1.29, 1.82) is 0 Å². The molecule has 4 aromatic heterocycles. The fraction of sp³-hybridized carbons (Fsp3) is 0.565. The number of nitrogens with one attached hydrogen (secondary N) is 1. The van der Waals surface area contributed by atoms with Gasteiger partial charge in [0.1, 0.15) is 23.6 Å². The predicted octanol–water partition coefficient (Wildman–Crippen LogP) is 7.12. The second kappa shape index (κ2) is 15.0. The van der Waals surface area contributed by atoms with Crippen LogP contribution in [0, 0.1) is 42.7 Å². The standard InChI is InChI=1S/C46H56N10O3S/c1-29-23-46(59-22-21-54-19-17-53(5)18-20-54)26-44(4)15-14-35(29)45(25-44,27-46)28-56-31(3)34(24-47-56)33-12-13-38(49-39(33)42(57)58)55-16-8-9-32-30(2)40(51-52-41(32)55)50-43-48-36-10-6-7-11-37(36)60-43/h6-7,10-13,29,35H,8-9,14-23,25-28H2,1-5H3,(H-,48,50,51,57,58)/p+1. The maximum absolute atomic E-state index is 13.0. The number of aromatic carboxylic acids is 1. The average molecular weight is 830 g/mol. The number of ether oxygens (including phenoxy) is 1. The van der Waals surface area contributed by atoms with E-state index in [-0.39, 0.29) is 22.1 Å². The SMILES string of the molecule is Cc1c(Nc2nc3ccccc3s2)nnc2c1CCCN2c1ccc(-c2c#[n+]n(CC34CC5(C)CCC3C(C)CC(OCCN3CCN(C)CC3)(C5)C4)c2C)c(C(=O)O)n1. The first kappa shape index (κ1) is 39.5. The lowest BCUT2D eigenvalue weighted by Crippen LogP contribution is -2.63. The van der Waals surface area contributed by atoms with Gasteiger partial charge < -0.3 is 25.0 Å². The number of fused-ring (bicyclic) bond motifs is 4. The predicted molar refractivity (Wildman–Crippen MR) is 232 cm³/mol. The number of piperazine rings is 1. The molecule has 10 rings (SSSR count). The zero-order chi connectivity index (χ0) is 41.4. The number of rotatable bonds is 11. The molecule has 1 saturated heterocycles. The molecule has 13 nitrogen and oxygen atoms in total. The van der Waals surface area contributed by atoms with Crippen molar-refractivity contribution in [2.75, 3.05) is 63.1 Å². The molecule has 2 N–H and O–H groups in total. The van der Waals surface area contributed by atoms with Crippen LogP contribution in [0.3, 0.4) is 0 Å². The Hall–Kier alpha value is -4.68. The van der Waals surface area contributed by atoms with E-state index < -0.39 is 5.97 Å². The normalized spacial score (nSPS) is 27.9. The van der Waals surface area contributed by atoms with Gasteiger partial charge in [-0.3, -0.25) is 4.90 Å². The molecule has 4 fully saturated rings.